The van der Waals surface area contributed by atoms with Gasteiger partial charge in [0.2, 0.25) is 5.76 Å². The van der Waals surface area contributed by atoms with Gasteiger partial charge in [-0.25, -0.2) is 4.98 Å². The molecule has 1 saturated heterocycles. The lowest BCUT2D eigenvalue weighted by atomic mass is 10.1. The third kappa shape index (κ3) is 3.99. The molecule has 8 heteroatoms. The van der Waals surface area contributed by atoms with Crippen LogP contribution >= 0.6 is 11.3 Å². The summed E-state index contributed by atoms with van der Waals surface area (Å²) in [5.74, 6) is 0.0520. The minimum atomic E-state index is -0.194. The van der Waals surface area contributed by atoms with Crippen molar-refractivity contribution < 1.29 is 23.9 Å². The number of fused-ring (bicyclic) bond motifs is 1. The number of amides is 1. The van der Waals surface area contributed by atoms with Gasteiger partial charge in [-0.2, -0.15) is 0 Å². The van der Waals surface area contributed by atoms with Crippen molar-refractivity contribution in [3.63, 3.8) is 0 Å². The van der Waals surface area contributed by atoms with Crippen molar-refractivity contribution in [2.75, 3.05) is 57.5 Å². The van der Waals surface area contributed by atoms with E-state index in [1.807, 2.05) is 0 Å². The molecular formula is C20H26N3O4S+. The van der Waals surface area contributed by atoms with E-state index in [1.54, 1.807) is 16.2 Å². The number of aryl methyl sites for hydroxylation is 2. The molecule has 0 bridgehead atoms. The molecule has 0 radical (unpaired) electrons. The van der Waals surface area contributed by atoms with E-state index in [0.29, 0.717) is 24.9 Å². The van der Waals surface area contributed by atoms with E-state index in [-0.39, 0.29) is 11.7 Å². The van der Waals surface area contributed by atoms with Gasteiger partial charge in [-0.1, -0.05) is 17.4 Å². The van der Waals surface area contributed by atoms with Crippen LogP contribution in [-0.2, 0) is 19.0 Å². The van der Waals surface area contributed by atoms with E-state index in [1.165, 1.54) is 16.7 Å². The number of nitrogens with zero attached hydrogens (tertiary/aromatic N) is 2. The molecule has 1 fully saturated rings. The number of hydrogen-bond acceptors (Lipinski definition) is 6. The average Bonchev–Trinajstić information content (AvgIpc) is 3.17. The molecule has 1 amide bonds. The largest absolute Gasteiger partial charge is 0.494 e. The Hall–Kier alpha value is -2.16. The van der Waals surface area contributed by atoms with Crippen molar-refractivity contribution in [3.8, 4) is 0 Å². The van der Waals surface area contributed by atoms with Gasteiger partial charge in [-0.3, -0.25) is 9.69 Å². The van der Waals surface area contributed by atoms with Crippen LogP contribution in [0.4, 0.5) is 5.13 Å². The zero-order chi connectivity index (χ0) is 19.5. The minimum Gasteiger partial charge on any atom is -0.494 e. The maximum atomic E-state index is 13.2. The number of morpholine rings is 1. The highest BCUT2D eigenvalue weighted by atomic mass is 32.1. The Labute approximate surface area is 168 Å². The lowest BCUT2D eigenvalue weighted by Crippen LogP contribution is -3.14. The van der Waals surface area contributed by atoms with E-state index < -0.39 is 0 Å². The number of thiazole rings is 1. The van der Waals surface area contributed by atoms with Crippen molar-refractivity contribution in [1.29, 1.82) is 0 Å². The first-order valence-corrected chi connectivity index (χ1v) is 10.5. The topological polar surface area (TPSA) is 65.3 Å². The van der Waals surface area contributed by atoms with Gasteiger partial charge in [0, 0.05) is 0 Å². The number of nitrogens with one attached hydrogen (secondary N) is 1. The van der Waals surface area contributed by atoms with Gasteiger partial charge in [-0.05, 0) is 31.0 Å². The summed E-state index contributed by atoms with van der Waals surface area (Å²) in [6.45, 7) is 9.89. The number of carbonyl (C=O) groups is 1. The summed E-state index contributed by atoms with van der Waals surface area (Å²) in [6, 6.07) is 4.18. The van der Waals surface area contributed by atoms with Gasteiger partial charge in [0.25, 0.3) is 5.91 Å². The summed E-state index contributed by atoms with van der Waals surface area (Å²) in [5.41, 5.74) is 3.32. The van der Waals surface area contributed by atoms with Crippen LogP contribution in [0.5, 0.6) is 0 Å². The van der Waals surface area contributed by atoms with Crippen LogP contribution in [0.3, 0.4) is 0 Å². The fourth-order valence-corrected chi connectivity index (χ4v) is 4.46. The molecule has 2 aromatic rings. The van der Waals surface area contributed by atoms with Crippen LogP contribution < -0.4 is 9.80 Å². The first kappa shape index (κ1) is 19.2. The Morgan fingerprint density at radius 1 is 1.21 bits per heavy atom. The summed E-state index contributed by atoms with van der Waals surface area (Å²) in [6.07, 6.45) is 1.42. The summed E-state index contributed by atoms with van der Waals surface area (Å²) in [7, 11) is 0. The Morgan fingerprint density at radius 3 is 2.79 bits per heavy atom. The van der Waals surface area contributed by atoms with Gasteiger partial charge < -0.3 is 19.1 Å². The van der Waals surface area contributed by atoms with Crippen LogP contribution in [-0.4, -0.2) is 63.5 Å². The van der Waals surface area contributed by atoms with Crippen molar-refractivity contribution in [1.82, 2.24) is 4.98 Å². The molecule has 0 spiro atoms. The van der Waals surface area contributed by atoms with Crippen molar-refractivity contribution in [2.24, 2.45) is 0 Å². The SMILES string of the molecule is Cc1ccc2sc(N(CC[NH+]3CCOCC3)C(=O)C3=COCCO3)nc2c1C. The Kier molecular flexibility index (Phi) is 5.79. The maximum Gasteiger partial charge on any atom is 0.298 e. The molecule has 4 rings (SSSR count). The summed E-state index contributed by atoms with van der Waals surface area (Å²) in [4.78, 5) is 21.2. The predicted molar refractivity (Wildman–Crippen MR) is 108 cm³/mol. The maximum absolute atomic E-state index is 13.2. The number of quaternary nitrogens is 1. The van der Waals surface area contributed by atoms with Crippen LogP contribution in [0.15, 0.2) is 24.2 Å². The zero-order valence-electron chi connectivity index (χ0n) is 16.3. The third-order valence-corrected chi connectivity index (χ3v) is 6.34. The molecule has 0 unspecified atom stereocenters. The number of rotatable bonds is 5. The Balaban J connectivity index is 1.62. The molecule has 0 atom stereocenters. The summed E-state index contributed by atoms with van der Waals surface area (Å²) < 4.78 is 17.4. The molecule has 150 valence electrons. The Morgan fingerprint density at radius 2 is 2.04 bits per heavy atom. The molecule has 1 N–H and O–H groups in total. The minimum absolute atomic E-state index is 0.194. The number of aromatic nitrogens is 1. The van der Waals surface area contributed by atoms with E-state index in [4.69, 9.17) is 19.2 Å². The monoisotopic (exact) mass is 404 g/mol. The van der Waals surface area contributed by atoms with Crippen LogP contribution in [0, 0.1) is 13.8 Å². The average molecular weight is 405 g/mol. The molecule has 1 aromatic heterocycles. The smallest absolute Gasteiger partial charge is 0.298 e. The van der Waals surface area contributed by atoms with Gasteiger partial charge in [0.15, 0.2) is 5.13 Å². The molecule has 2 aliphatic rings. The summed E-state index contributed by atoms with van der Waals surface area (Å²) >= 11 is 1.54. The van der Waals surface area contributed by atoms with Gasteiger partial charge in [0.05, 0.1) is 36.5 Å². The number of anilines is 1. The fourth-order valence-electron chi connectivity index (χ4n) is 3.41. The standard InChI is InChI=1S/C20H25N3O4S/c1-14-3-4-17-18(15(14)2)21-20(28-17)23(6-5-22-7-9-25-10-8-22)19(24)16-13-26-11-12-27-16/h3-4,13H,5-12H2,1-2H3/p+1. The molecule has 3 heterocycles. The molecule has 2 aliphatic heterocycles. The van der Waals surface area contributed by atoms with Crippen LogP contribution in [0.2, 0.25) is 0 Å². The molecule has 1 aromatic carbocycles. The first-order chi connectivity index (χ1) is 13.6. The molecule has 0 aliphatic carbocycles. The van der Waals surface area contributed by atoms with E-state index >= 15 is 0 Å². The molecule has 28 heavy (non-hydrogen) atoms. The van der Waals surface area contributed by atoms with Crippen molar-refractivity contribution in [3.05, 3.63) is 35.3 Å². The van der Waals surface area contributed by atoms with Gasteiger partial charge >= 0.3 is 0 Å². The van der Waals surface area contributed by atoms with Crippen molar-refractivity contribution >= 4 is 32.6 Å². The zero-order valence-corrected chi connectivity index (χ0v) is 17.1. The predicted octanol–water partition coefficient (Wildman–Crippen LogP) is 1.05. The lowest BCUT2D eigenvalue weighted by Gasteiger charge is -2.27. The highest BCUT2D eigenvalue weighted by Gasteiger charge is 2.28. The molecule has 0 saturated carbocycles. The number of benzene rings is 1. The normalized spacial score (nSPS) is 17.7. The van der Waals surface area contributed by atoms with E-state index in [9.17, 15) is 4.79 Å². The highest BCUT2D eigenvalue weighted by Crippen LogP contribution is 2.32. The number of hydrogen-bond donors (Lipinski definition) is 1. The third-order valence-electron chi connectivity index (χ3n) is 5.30. The number of ether oxygens (including phenoxy) is 3. The second kappa shape index (κ2) is 8.46. The van der Waals surface area contributed by atoms with Gasteiger partial charge in [0.1, 0.15) is 32.6 Å². The molecular weight excluding hydrogens is 378 g/mol. The first-order valence-electron chi connectivity index (χ1n) is 9.68. The highest BCUT2D eigenvalue weighted by molar-refractivity contribution is 7.22. The second-order valence-electron chi connectivity index (χ2n) is 7.12. The van der Waals surface area contributed by atoms with E-state index in [2.05, 4.69) is 26.0 Å². The lowest BCUT2D eigenvalue weighted by molar-refractivity contribution is -0.906. The number of carbonyl (C=O) groups excluding carboxylic acids is 1. The second-order valence-corrected chi connectivity index (χ2v) is 8.13. The summed E-state index contributed by atoms with van der Waals surface area (Å²) in [5, 5.41) is 0.705. The Bertz CT molecular complexity index is 889. The quantitative estimate of drug-likeness (QED) is 0.807. The fraction of sp³-hybridized carbons (Fsp3) is 0.500. The van der Waals surface area contributed by atoms with Crippen LogP contribution in [0.25, 0.3) is 10.2 Å². The van der Waals surface area contributed by atoms with E-state index in [0.717, 1.165) is 48.6 Å². The van der Waals surface area contributed by atoms with Crippen LogP contribution in [0.1, 0.15) is 11.1 Å². The molecule has 7 nitrogen and oxygen atoms in total. The van der Waals surface area contributed by atoms with Gasteiger partial charge in [-0.15, -0.1) is 0 Å². The van der Waals surface area contributed by atoms with Crippen molar-refractivity contribution in [2.45, 2.75) is 13.8 Å².